The van der Waals surface area contributed by atoms with Crippen LogP contribution in [-0.4, -0.2) is 33.2 Å². The normalized spacial score (nSPS) is 18.2. The van der Waals surface area contributed by atoms with Gasteiger partial charge in [-0.3, -0.25) is 4.72 Å². The summed E-state index contributed by atoms with van der Waals surface area (Å²) in [5.41, 5.74) is 3.75. The third kappa shape index (κ3) is 3.86. The monoisotopic (exact) mass is 384 g/mol. The topological polar surface area (TPSA) is 49.4 Å². The molecule has 0 fully saturated rings. The van der Waals surface area contributed by atoms with Gasteiger partial charge in [-0.2, -0.15) is 0 Å². The van der Waals surface area contributed by atoms with Gasteiger partial charge in [-0.15, -0.1) is 0 Å². The van der Waals surface area contributed by atoms with Gasteiger partial charge in [0.05, 0.1) is 6.26 Å². The van der Waals surface area contributed by atoms with Crippen LogP contribution in [0.4, 0.5) is 5.69 Å². The largest absolute Gasteiger partial charge is 0.301 e. The van der Waals surface area contributed by atoms with E-state index in [9.17, 15) is 8.42 Å². The first kappa shape index (κ1) is 17.5. The fourth-order valence-electron chi connectivity index (χ4n) is 3.16. The van der Waals surface area contributed by atoms with E-state index in [1.807, 2.05) is 31.3 Å². The summed E-state index contributed by atoms with van der Waals surface area (Å²) in [5.74, 6) is 0.0799. The summed E-state index contributed by atoms with van der Waals surface area (Å²) in [6.45, 7) is 1.58. The Kier molecular flexibility index (Phi) is 4.80. The van der Waals surface area contributed by atoms with Gasteiger partial charge in [-0.1, -0.05) is 35.3 Å². The predicted octanol–water partition coefficient (Wildman–Crippen LogP) is 3.94. The van der Waals surface area contributed by atoms with Crippen LogP contribution in [0.15, 0.2) is 36.4 Å². The van der Waals surface area contributed by atoms with Crippen LogP contribution in [0.2, 0.25) is 10.0 Å². The highest BCUT2D eigenvalue weighted by Gasteiger charge is 2.27. The number of anilines is 1. The first-order chi connectivity index (χ1) is 11.2. The maximum atomic E-state index is 11.5. The lowest BCUT2D eigenvalue weighted by molar-refractivity contribution is 0.295. The molecule has 3 rings (SSSR count). The second kappa shape index (κ2) is 6.56. The van der Waals surface area contributed by atoms with Crippen molar-refractivity contribution >= 4 is 38.9 Å². The molecule has 0 bridgehead atoms. The number of nitrogens with zero attached hydrogens (tertiary/aromatic N) is 1. The molecule has 0 spiro atoms. The Bertz CT molecular complexity index is 884. The summed E-state index contributed by atoms with van der Waals surface area (Å²) in [7, 11) is -1.27. The van der Waals surface area contributed by atoms with Crippen molar-refractivity contribution in [1.29, 1.82) is 0 Å². The van der Waals surface area contributed by atoms with Crippen molar-refractivity contribution in [3.63, 3.8) is 0 Å². The fraction of sp³-hybridized carbons (Fsp3) is 0.294. The molecule has 1 atom stereocenters. The second-order valence-electron chi connectivity index (χ2n) is 6.20. The molecule has 2 aromatic carbocycles. The minimum Gasteiger partial charge on any atom is -0.301 e. The van der Waals surface area contributed by atoms with Crippen molar-refractivity contribution in [2.75, 3.05) is 24.6 Å². The van der Waals surface area contributed by atoms with E-state index in [-0.39, 0.29) is 5.92 Å². The van der Waals surface area contributed by atoms with E-state index in [1.165, 1.54) is 0 Å². The van der Waals surface area contributed by atoms with E-state index in [0.29, 0.717) is 15.7 Å². The Labute approximate surface area is 152 Å². The van der Waals surface area contributed by atoms with Gasteiger partial charge in [0.1, 0.15) is 0 Å². The minimum atomic E-state index is -3.31. The first-order valence-electron chi connectivity index (χ1n) is 7.47. The van der Waals surface area contributed by atoms with Crippen LogP contribution < -0.4 is 4.72 Å². The molecule has 0 saturated carbocycles. The number of sulfonamides is 1. The van der Waals surface area contributed by atoms with E-state index >= 15 is 0 Å². The second-order valence-corrected chi connectivity index (χ2v) is 8.80. The Morgan fingerprint density at radius 1 is 1.21 bits per heavy atom. The number of rotatable bonds is 3. The van der Waals surface area contributed by atoms with E-state index in [4.69, 9.17) is 23.2 Å². The smallest absolute Gasteiger partial charge is 0.229 e. The predicted molar refractivity (Wildman–Crippen MR) is 99.5 cm³/mol. The molecule has 7 heteroatoms. The molecule has 4 nitrogen and oxygen atoms in total. The maximum absolute atomic E-state index is 11.5. The number of hydrogen-bond acceptors (Lipinski definition) is 3. The summed E-state index contributed by atoms with van der Waals surface area (Å²) in [4.78, 5) is 2.20. The highest BCUT2D eigenvalue weighted by Crippen LogP contribution is 2.38. The zero-order valence-corrected chi connectivity index (χ0v) is 15.7. The quantitative estimate of drug-likeness (QED) is 0.871. The van der Waals surface area contributed by atoms with Gasteiger partial charge >= 0.3 is 0 Å². The average Bonchev–Trinajstić information content (AvgIpc) is 2.46. The Hall–Kier alpha value is -1.27. The molecule has 0 radical (unpaired) electrons. The van der Waals surface area contributed by atoms with E-state index in [0.717, 1.165) is 36.0 Å². The Balaban J connectivity index is 2.06. The number of likely N-dealkylation sites (N-methyl/N-ethyl adjacent to an activating group) is 1. The minimum absolute atomic E-state index is 0.0799. The van der Waals surface area contributed by atoms with Crippen LogP contribution in [0.5, 0.6) is 0 Å². The molecule has 0 amide bonds. The fourth-order valence-corrected chi connectivity index (χ4v) is 4.29. The van der Waals surface area contributed by atoms with Crippen LogP contribution in [0.1, 0.15) is 22.6 Å². The zero-order chi connectivity index (χ0) is 17.5. The van der Waals surface area contributed by atoms with Gasteiger partial charge in [0.2, 0.25) is 10.0 Å². The van der Waals surface area contributed by atoms with Crippen LogP contribution in [-0.2, 0) is 16.6 Å². The molecule has 0 aromatic heterocycles. The van der Waals surface area contributed by atoms with Crippen LogP contribution in [0, 0.1) is 0 Å². The Morgan fingerprint density at radius 2 is 1.96 bits per heavy atom. The summed E-state index contributed by atoms with van der Waals surface area (Å²) < 4.78 is 25.5. The number of fused-ring (bicyclic) bond motifs is 1. The molecule has 2 aromatic rings. The molecular weight excluding hydrogens is 367 g/mol. The van der Waals surface area contributed by atoms with Crippen LogP contribution in [0.3, 0.4) is 0 Å². The highest BCUT2D eigenvalue weighted by atomic mass is 35.5. The number of halogens is 2. The molecule has 1 N–H and O–H groups in total. The lowest BCUT2D eigenvalue weighted by atomic mass is 9.84. The third-order valence-corrected chi connectivity index (χ3v) is 5.25. The van der Waals surface area contributed by atoms with Crippen LogP contribution in [0.25, 0.3) is 0 Å². The molecule has 0 aliphatic carbocycles. The van der Waals surface area contributed by atoms with E-state index < -0.39 is 10.0 Å². The van der Waals surface area contributed by atoms with Gasteiger partial charge in [0.15, 0.2) is 0 Å². The van der Waals surface area contributed by atoms with Crippen molar-refractivity contribution in [2.45, 2.75) is 12.5 Å². The van der Waals surface area contributed by atoms with Gasteiger partial charge in [0.25, 0.3) is 0 Å². The van der Waals surface area contributed by atoms with Crippen LogP contribution >= 0.6 is 23.2 Å². The summed E-state index contributed by atoms with van der Waals surface area (Å²) in [6, 6.07) is 11.2. The number of nitrogens with one attached hydrogen (secondary N) is 1. The number of hydrogen-bond donors (Lipinski definition) is 1. The highest BCUT2D eigenvalue weighted by molar-refractivity contribution is 7.92. The molecule has 0 unspecified atom stereocenters. The molecule has 0 saturated heterocycles. The van der Waals surface area contributed by atoms with E-state index in [1.54, 1.807) is 12.1 Å². The lowest BCUT2D eigenvalue weighted by Crippen LogP contribution is -2.31. The standard InChI is InChI=1S/C17H18Cl2N2O2S/c1-21-9-15(14-7-12(18)8-17(19)16(14)10-21)11-4-3-5-13(6-11)20-24(2,22)23/h3-8,15,20H,9-10H2,1-2H3/t15-/m1/s1. The number of benzene rings is 2. The van der Waals surface area contributed by atoms with Gasteiger partial charge in [-0.05, 0) is 48.0 Å². The zero-order valence-electron chi connectivity index (χ0n) is 13.4. The van der Waals surface area contributed by atoms with Gasteiger partial charge < -0.3 is 4.90 Å². The molecule has 128 valence electrons. The van der Waals surface area contributed by atoms with Gasteiger partial charge in [-0.25, -0.2) is 8.42 Å². The van der Waals surface area contributed by atoms with Crippen molar-refractivity contribution < 1.29 is 8.42 Å². The summed E-state index contributed by atoms with van der Waals surface area (Å²) in [5, 5.41) is 1.28. The van der Waals surface area contributed by atoms with Crippen molar-refractivity contribution in [1.82, 2.24) is 4.90 Å². The molecule has 1 heterocycles. The molecular formula is C17H18Cl2N2O2S. The Morgan fingerprint density at radius 3 is 2.67 bits per heavy atom. The molecule has 1 aliphatic rings. The van der Waals surface area contributed by atoms with Crippen molar-refractivity contribution in [2.24, 2.45) is 0 Å². The summed E-state index contributed by atoms with van der Waals surface area (Å²) in [6.07, 6.45) is 1.14. The van der Waals surface area contributed by atoms with Crippen molar-refractivity contribution in [3.8, 4) is 0 Å². The van der Waals surface area contributed by atoms with E-state index in [2.05, 4.69) is 9.62 Å². The molecule has 24 heavy (non-hydrogen) atoms. The van der Waals surface area contributed by atoms with Gasteiger partial charge in [0, 0.05) is 34.7 Å². The lowest BCUT2D eigenvalue weighted by Gasteiger charge is -2.33. The average molecular weight is 385 g/mol. The summed E-state index contributed by atoms with van der Waals surface area (Å²) >= 11 is 12.6. The first-order valence-corrected chi connectivity index (χ1v) is 10.1. The van der Waals surface area contributed by atoms with Crippen molar-refractivity contribution in [3.05, 3.63) is 63.1 Å². The third-order valence-electron chi connectivity index (χ3n) is 4.08. The maximum Gasteiger partial charge on any atom is 0.229 e. The molecule has 1 aliphatic heterocycles. The SMILES string of the molecule is CN1Cc2c(Cl)cc(Cl)cc2[C@@H](c2cccc(NS(C)(=O)=O)c2)C1.